The molecule has 2 heterocycles. The van der Waals surface area contributed by atoms with E-state index < -0.39 is 11.9 Å². The fraction of sp³-hybridized carbons (Fsp3) is 0.0250. The van der Waals surface area contributed by atoms with Crippen LogP contribution in [0.1, 0.15) is 31.1 Å². The third-order valence-corrected chi connectivity index (χ3v) is 11.9. The van der Waals surface area contributed by atoms with Crippen LogP contribution < -0.4 is 0 Å². The molecule has 7 nitrogen and oxygen atoms in total. The maximum Gasteiger partial charge on any atom is 0.339 e. The van der Waals surface area contributed by atoms with Crippen LogP contribution in [-0.4, -0.2) is 40.4 Å². The summed E-state index contributed by atoms with van der Waals surface area (Å²) in [7, 11) is 1.35. The number of hydrogen-bond donors (Lipinski definition) is 1. The van der Waals surface area contributed by atoms with E-state index in [1.54, 1.807) is 72.8 Å². The van der Waals surface area contributed by atoms with Gasteiger partial charge in [0.05, 0.1) is 49.7 Å². The Bertz CT molecular complexity index is 2560. The summed E-state index contributed by atoms with van der Waals surface area (Å²) in [5.74, 6) is -1.47. The second-order valence-electron chi connectivity index (χ2n) is 11.3. The molecule has 0 fully saturated rings. The van der Waals surface area contributed by atoms with Crippen molar-refractivity contribution in [2.24, 2.45) is 0 Å². The van der Waals surface area contributed by atoms with E-state index in [2.05, 4.69) is 25.9 Å². The van der Waals surface area contributed by atoms with Crippen molar-refractivity contribution in [3.8, 4) is 54.8 Å². The SMILES string of the molecule is COC(=O)c1cc(-c2nc(-c3ccc(Cl)c(Cl)c3)cs2)ccc1Br.O=Cc1ccccc1-c1ccc(-c2nc(-c3ccc(Cl)c(Cl)c3)cs2)cc1C(=O)O. The molecule has 0 amide bonds. The van der Waals surface area contributed by atoms with Crippen molar-refractivity contribution in [3.05, 3.63) is 149 Å². The lowest BCUT2D eigenvalue weighted by molar-refractivity contribution is 0.0598. The lowest BCUT2D eigenvalue weighted by Gasteiger charge is -2.10. The zero-order chi connectivity index (χ0) is 38.5. The molecule has 0 atom stereocenters. The Kier molecular flexibility index (Phi) is 12.7. The Morgan fingerprint density at radius 1 is 0.667 bits per heavy atom. The third-order valence-electron chi connectivity index (χ3n) is 7.93. The van der Waals surface area contributed by atoms with Crippen LogP contribution in [0, 0.1) is 0 Å². The number of hydrogen-bond acceptors (Lipinski definition) is 8. The van der Waals surface area contributed by atoms with Gasteiger partial charge in [-0.3, -0.25) is 4.79 Å². The number of aromatic carboxylic acids is 1. The van der Waals surface area contributed by atoms with Crippen molar-refractivity contribution in [1.82, 2.24) is 9.97 Å². The van der Waals surface area contributed by atoms with Crippen LogP contribution >= 0.6 is 85.0 Å². The lowest BCUT2D eigenvalue weighted by Crippen LogP contribution is -2.02. The highest BCUT2D eigenvalue weighted by atomic mass is 79.9. The van der Waals surface area contributed by atoms with E-state index >= 15 is 0 Å². The fourth-order valence-electron chi connectivity index (χ4n) is 5.25. The fourth-order valence-corrected chi connectivity index (χ4v) is 7.90. The molecule has 0 radical (unpaired) electrons. The van der Waals surface area contributed by atoms with Gasteiger partial charge in [-0.25, -0.2) is 19.6 Å². The predicted molar refractivity (Wildman–Crippen MR) is 223 cm³/mol. The second-order valence-corrected chi connectivity index (χ2v) is 15.5. The molecule has 0 aliphatic heterocycles. The molecular formula is C40H23BrCl4N2O5S2. The molecule has 2 aromatic heterocycles. The molecule has 270 valence electrons. The van der Waals surface area contributed by atoms with Gasteiger partial charge >= 0.3 is 11.9 Å². The number of rotatable bonds is 8. The maximum atomic E-state index is 11.9. The Morgan fingerprint density at radius 2 is 1.19 bits per heavy atom. The van der Waals surface area contributed by atoms with Crippen LogP contribution in [0.2, 0.25) is 20.1 Å². The molecule has 7 aromatic rings. The number of carbonyl (C=O) groups excluding carboxylic acids is 2. The molecule has 1 N–H and O–H groups in total. The summed E-state index contributed by atoms with van der Waals surface area (Å²) < 4.78 is 5.47. The Labute approximate surface area is 345 Å². The number of esters is 1. The number of carboxylic acid groups (broad SMARTS) is 1. The zero-order valence-electron chi connectivity index (χ0n) is 27.7. The quantitative estimate of drug-likeness (QED) is 0.120. The summed E-state index contributed by atoms with van der Waals surface area (Å²) in [6.07, 6.45) is 0.721. The summed E-state index contributed by atoms with van der Waals surface area (Å²) in [6.45, 7) is 0. The average Bonchev–Trinajstić information content (AvgIpc) is 3.89. The molecule has 54 heavy (non-hydrogen) atoms. The standard InChI is InChI=1S/C23H13Cl2NO3S.C17H10BrCl2NO2S/c24-19-8-6-13(10-20(19)25)21-12-30-22(26-21)14-5-7-17(18(9-14)23(28)29)16-4-2-1-3-15(16)11-27;1-23-17(22)11-6-10(2-4-12(11)18)16-21-15(8-24-16)9-3-5-13(19)14(20)7-9/h1-12H,(H,28,29);2-8H,1H3. The predicted octanol–water partition coefficient (Wildman–Crippen LogP) is 13.3. The number of carbonyl (C=O) groups is 3. The van der Waals surface area contributed by atoms with Crippen molar-refractivity contribution < 1.29 is 24.2 Å². The number of aromatic nitrogens is 2. The first-order chi connectivity index (χ1) is 26.0. The monoisotopic (exact) mass is 894 g/mol. The summed E-state index contributed by atoms with van der Waals surface area (Å²) in [4.78, 5) is 44.4. The molecular weight excluding hydrogens is 874 g/mol. The lowest BCUT2D eigenvalue weighted by atomic mass is 9.94. The minimum Gasteiger partial charge on any atom is -0.478 e. The molecule has 0 spiro atoms. The zero-order valence-corrected chi connectivity index (χ0v) is 33.9. The Morgan fingerprint density at radius 3 is 1.70 bits per heavy atom. The third kappa shape index (κ3) is 8.77. The molecule has 0 aliphatic rings. The van der Waals surface area contributed by atoms with Gasteiger partial charge in [-0.1, -0.05) is 101 Å². The minimum absolute atomic E-state index is 0.105. The van der Waals surface area contributed by atoms with Crippen molar-refractivity contribution >= 4 is 103 Å². The van der Waals surface area contributed by atoms with Gasteiger partial charge in [0.1, 0.15) is 10.0 Å². The van der Waals surface area contributed by atoms with Gasteiger partial charge in [-0.15, -0.1) is 22.7 Å². The van der Waals surface area contributed by atoms with Gasteiger partial charge in [-0.2, -0.15) is 0 Å². The molecule has 14 heteroatoms. The molecule has 0 unspecified atom stereocenters. The van der Waals surface area contributed by atoms with E-state index in [9.17, 15) is 19.5 Å². The number of aldehydes is 1. The number of benzene rings is 5. The van der Waals surface area contributed by atoms with Crippen molar-refractivity contribution in [2.45, 2.75) is 0 Å². The van der Waals surface area contributed by atoms with E-state index in [4.69, 9.17) is 51.1 Å². The number of methoxy groups -OCH3 is 1. The highest BCUT2D eigenvalue weighted by molar-refractivity contribution is 9.10. The van der Waals surface area contributed by atoms with Gasteiger partial charge in [0.25, 0.3) is 0 Å². The van der Waals surface area contributed by atoms with Gasteiger partial charge in [-0.05, 0) is 69.5 Å². The molecule has 0 bridgehead atoms. The number of ether oxygens (including phenoxy) is 1. The Hall–Kier alpha value is -4.39. The molecule has 0 saturated carbocycles. The van der Waals surface area contributed by atoms with Crippen LogP contribution in [0.5, 0.6) is 0 Å². The van der Waals surface area contributed by atoms with Crippen LogP contribution in [0.4, 0.5) is 0 Å². The van der Waals surface area contributed by atoms with Crippen molar-refractivity contribution in [1.29, 1.82) is 0 Å². The number of halogens is 5. The van der Waals surface area contributed by atoms with Gasteiger partial charge in [0.15, 0.2) is 6.29 Å². The van der Waals surface area contributed by atoms with E-state index in [1.807, 2.05) is 35.0 Å². The summed E-state index contributed by atoms with van der Waals surface area (Å²) in [6, 6.07) is 28.1. The van der Waals surface area contributed by atoms with Crippen LogP contribution in [0.25, 0.3) is 54.8 Å². The number of thiazole rings is 2. The summed E-state index contributed by atoms with van der Waals surface area (Å²) >= 11 is 30.3. The Balaban J connectivity index is 0.000000189. The first-order valence-corrected chi connectivity index (χ1v) is 19.7. The van der Waals surface area contributed by atoms with Crippen molar-refractivity contribution in [2.75, 3.05) is 7.11 Å². The topological polar surface area (TPSA) is 106 Å². The average molecular weight is 897 g/mol. The molecule has 0 aliphatic carbocycles. The van der Waals surface area contributed by atoms with Crippen molar-refractivity contribution in [3.63, 3.8) is 0 Å². The summed E-state index contributed by atoms with van der Waals surface area (Å²) in [5, 5.41) is 17.0. The number of nitrogens with zero attached hydrogens (tertiary/aromatic N) is 2. The van der Waals surface area contributed by atoms with E-state index in [-0.39, 0.29) is 5.56 Å². The highest BCUT2D eigenvalue weighted by Gasteiger charge is 2.18. The van der Waals surface area contributed by atoms with E-state index in [0.717, 1.165) is 39.4 Å². The molecule has 0 saturated heterocycles. The van der Waals surface area contributed by atoms with E-state index in [1.165, 1.54) is 29.8 Å². The van der Waals surface area contributed by atoms with Crippen LogP contribution in [0.3, 0.4) is 0 Å². The normalized spacial score (nSPS) is 10.7. The first-order valence-electron chi connectivity index (χ1n) is 15.6. The van der Waals surface area contributed by atoms with Crippen LogP contribution in [0.15, 0.2) is 112 Å². The smallest absolute Gasteiger partial charge is 0.339 e. The molecule has 7 rings (SSSR count). The molecule has 5 aromatic carbocycles. The van der Waals surface area contributed by atoms with E-state index in [0.29, 0.717) is 57.4 Å². The number of carboxylic acids is 1. The van der Waals surface area contributed by atoms with Gasteiger partial charge in [0.2, 0.25) is 0 Å². The first kappa shape index (κ1) is 39.3. The van der Waals surface area contributed by atoms with Crippen LogP contribution in [-0.2, 0) is 4.74 Å². The van der Waals surface area contributed by atoms with Gasteiger partial charge in [0, 0.05) is 43.1 Å². The maximum absolute atomic E-state index is 11.9. The highest BCUT2D eigenvalue weighted by Crippen LogP contribution is 2.36. The second kappa shape index (κ2) is 17.4. The minimum atomic E-state index is -1.08. The largest absolute Gasteiger partial charge is 0.478 e. The van der Waals surface area contributed by atoms with Gasteiger partial charge < -0.3 is 9.84 Å². The summed E-state index contributed by atoms with van der Waals surface area (Å²) in [5.41, 5.74) is 6.81.